The van der Waals surface area contributed by atoms with Gasteiger partial charge in [0.15, 0.2) is 0 Å². The van der Waals surface area contributed by atoms with Crippen LogP contribution in [0.25, 0.3) is 0 Å². The molecule has 1 heterocycles. The average Bonchev–Trinajstić information content (AvgIpc) is 2.32. The summed E-state index contributed by atoms with van der Waals surface area (Å²) in [4.78, 5) is 25.9. The van der Waals surface area contributed by atoms with Gasteiger partial charge in [0, 0.05) is 13.1 Å². The van der Waals surface area contributed by atoms with Crippen LogP contribution in [0.3, 0.4) is 0 Å². The van der Waals surface area contributed by atoms with Gasteiger partial charge in [0.25, 0.3) is 5.56 Å². The van der Waals surface area contributed by atoms with E-state index in [1.165, 1.54) is 4.57 Å². The molecular weight excluding hydrogens is 272 g/mol. The van der Waals surface area contributed by atoms with E-state index in [-0.39, 0.29) is 24.0 Å². The summed E-state index contributed by atoms with van der Waals surface area (Å²) in [7, 11) is 0. The molecule has 21 heavy (non-hydrogen) atoms. The van der Waals surface area contributed by atoms with Gasteiger partial charge in [-0.05, 0) is 18.3 Å². The van der Waals surface area contributed by atoms with Gasteiger partial charge in [-0.15, -0.1) is 0 Å². The van der Waals surface area contributed by atoms with Crippen LogP contribution in [0.4, 0.5) is 11.5 Å². The zero-order valence-electron chi connectivity index (χ0n) is 13.1. The number of anilines is 2. The quantitative estimate of drug-likeness (QED) is 0.588. The van der Waals surface area contributed by atoms with Gasteiger partial charge in [-0.25, -0.2) is 4.79 Å². The van der Waals surface area contributed by atoms with Crippen LogP contribution in [0, 0.1) is 11.8 Å². The molecule has 7 nitrogen and oxygen atoms in total. The first-order valence-corrected chi connectivity index (χ1v) is 7.26. The summed E-state index contributed by atoms with van der Waals surface area (Å²) in [6, 6.07) is 0. The standard InChI is InChI=1S/C14H26N4O3/c1-8(2)5-10(19)6-16-11-12(15)18(7-9(3)4)14(21)17-13(11)20/h8-10,16,19H,5-7,15H2,1-4H3,(H,17,20,21). The molecule has 1 atom stereocenters. The Hall–Kier alpha value is -1.76. The lowest BCUT2D eigenvalue weighted by Crippen LogP contribution is -2.36. The van der Waals surface area contributed by atoms with Crippen LogP contribution in [0.2, 0.25) is 0 Å². The topological polar surface area (TPSA) is 113 Å². The third-order valence-electron chi connectivity index (χ3n) is 3.05. The number of nitrogens with one attached hydrogen (secondary N) is 2. The molecule has 0 saturated carbocycles. The van der Waals surface area contributed by atoms with Gasteiger partial charge < -0.3 is 16.2 Å². The molecular formula is C14H26N4O3. The van der Waals surface area contributed by atoms with Gasteiger partial charge in [-0.2, -0.15) is 0 Å². The SMILES string of the molecule is CC(C)CC(O)CNc1c(N)n(CC(C)C)c(=O)[nH]c1=O. The lowest BCUT2D eigenvalue weighted by molar-refractivity contribution is 0.161. The number of aromatic amines is 1. The van der Waals surface area contributed by atoms with E-state index in [0.29, 0.717) is 18.9 Å². The Labute approximate surface area is 124 Å². The molecule has 1 aromatic rings. The van der Waals surface area contributed by atoms with Crippen LogP contribution in [-0.2, 0) is 6.54 Å². The molecule has 1 unspecified atom stereocenters. The number of nitrogens with two attached hydrogens (primary N) is 1. The van der Waals surface area contributed by atoms with E-state index in [9.17, 15) is 14.7 Å². The van der Waals surface area contributed by atoms with Crippen molar-refractivity contribution in [2.24, 2.45) is 11.8 Å². The number of aliphatic hydroxyl groups excluding tert-OH is 1. The molecule has 0 saturated heterocycles. The fourth-order valence-electron chi connectivity index (χ4n) is 2.15. The molecule has 1 rings (SSSR count). The van der Waals surface area contributed by atoms with Gasteiger partial charge in [0.2, 0.25) is 0 Å². The van der Waals surface area contributed by atoms with Crippen molar-refractivity contribution < 1.29 is 5.11 Å². The fourth-order valence-corrected chi connectivity index (χ4v) is 2.15. The Kier molecular flexibility index (Phi) is 6.02. The summed E-state index contributed by atoms with van der Waals surface area (Å²) >= 11 is 0. The lowest BCUT2D eigenvalue weighted by Gasteiger charge is -2.17. The van der Waals surface area contributed by atoms with E-state index in [4.69, 9.17) is 5.73 Å². The van der Waals surface area contributed by atoms with Crippen LogP contribution in [0.1, 0.15) is 34.1 Å². The van der Waals surface area contributed by atoms with Crippen molar-refractivity contribution >= 4 is 11.5 Å². The van der Waals surface area contributed by atoms with Crippen molar-refractivity contribution in [2.75, 3.05) is 17.6 Å². The highest BCUT2D eigenvalue weighted by Gasteiger charge is 2.14. The molecule has 0 aliphatic carbocycles. The molecule has 5 N–H and O–H groups in total. The van der Waals surface area contributed by atoms with Crippen LogP contribution in [0.5, 0.6) is 0 Å². The predicted octanol–water partition coefficient (Wildman–Crippen LogP) is 0.594. The van der Waals surface area contributed by atoms with Crippen molar-refractivity contribution in [1.29, 1.82) is 0 Å². The third kappa shape index (κ3) is 4.93. The van der Waals surface area contributed by atoms with Gasteiger partial charge in [-0.3, -0.25) is 14.3 Å². The van der Waals surface area contributed by atoms with E-state index in [1.54, 1.807) is 0 Å². The zero-order chi connectivity index (χ0) is 16.2. The number of hydrogen-bond acceptors (Lipinski definition) is 5. The van der Waals surface area contributed by atoms with Crippen LogP contribution in [0.15, 0.2) is 9.59 Å². The first kappa shape index (κ1) is 17.3. The number of H-pyrrole nitrogens is 1. The van der Waals surface area contributed by atoms with Gasteiger partial charge in [0.05, 0.1) is 6.10 Å². The second kappa shape index (κ2) is 7.31. The smallest absolute Gasteiger partial charge is 0.330 e. The Balaban J connectivity index is 2.97. The number of aromatic nitrogens is 2. The highest BCUT2D eigenvalue weighted by atomic mass is 16.3. The minimum atomic E-state index is -0.575. The summed E-state index contributed by atoms with van der Waals surface area (Å²) in [5, 5.41) is 12.7. The molecule has 0 bridgehead atoms. The number of hydrogen-bond donors (Lipinski definition) is 4. The molecule has 120 valence electrons. The molecule has 0 fully saturated rings. The van der Waals surface area contributed by atoms with Crippen LogP contribution >= 0.6 is 0 Å². The van der Waals surface area contributed by atoms with Gasteiger partial charge in [-0.1, -0.05) is 27.7 Å². The Morgan fingerprint density at radius 1 is 1.24 bits per heavy atom. The molecule has 0 aliphatic rings. The molecule has 1 aromatic heterocycles. The normalized spacial score (nSPS) is 12.9. The Morgan fingerprint density at radius 2 is 1.86 bits per heavy atom. The zero-order valence-corrected chi connectivity index (χ0v) is 13.1. The average molecular weight is 298 g/mol. The van der Waals surface area contributed by atoms with E-state index in [2.05, 4.69) is 10.3 Å². The van der Waals surface area contributed by atoms with Gasteiger partial charge in [0.1, 0.15) is 11.5 Å². The predicted molar refractivity (Wildman–Crippen MR) is 84.5 cm³/mol. The van der Waals surface area contributed by atoms with Crippen molar-refractivity contribution in [1.82, 2.24) is 9.55 Å². The summed E-state index contributed by atoms with van der Waals surface area (Å²) < 4.78 is 1.34. The van der Waals surface area contributed by atoms with Crippen LogP contribution < -0.4 is 22.3 Å². The number of nitrogens with zero attached hydrogens (tertiary/aromatic N) is 1. The van der Waals surface area contributed by atoms with Gasteiger partial charge >= 0.3 is 5.69 Å². The lowest BCUT2D eigenvalue weighted by atomic mass is 10.1. The number of rotatable bonds is 7. The summed E-state index contributed by atoms with van der Waals surface area (Å²) in [6.45, 7) is 8.56. The maximum atomic E-state index is 11.8. The number of aliphatic hydroxyl groups is 1. The van der Waals surface area contributed by atoms with Crippen molar-refractivity contribution in [2.45, 2.75) is 46.8 Å². The third-order valence-corrected chi connectivity index (χ3v) is 3.05. The molecule has 7 heteroatoms. The molecule has 0 spiro atoms. The van der Waals surface area contributed by atoms with E-state index < -0.39 is 17.4 Å². The van der Waals surface area contributed by atoms with Crippen molar-refractivity contribution in [3.8, 4) is 0 Å². The Bertz CT molecular complexity index is 575. The minimum Gasteiger partial charge on any atom is -0.391 e. The summed E-state index contributed by atoms with van der Waals surface area (Å²) in [5.74, 6) is 0.678. The highest BCUT2D eigenvalue weighted by Crippen LogP contribution is 2.13. The second-order valence-corrected chi connectivity index (χ2v) is 6.19. The Morgan fingerprint density at radius 3 is 2.38 bits per heavy atom. The second-order valence-electron chi connectivity index (χ2n) is 6.19. The largest absolute Gasteiger partial charge is 0.391 e. The van der Waals surface area contributed by atoms with E-state index in [0.717, 1.165) is 0 Å². The monoisotopic (exact) mass is 298 g/mol. The fraction of sp³-hybridized carbons (Fsp3) is 0.714. The first-order chi connectivity index (χ1) is 9.72. The highest BCUT2D eigenvalue weighted by molar-refractivity contribution is 5.60. The maximum absolute atomic E-state index is 11.8. The maximum Gasteiger partial charge on any atom is 0.330 e. The number of nitrogen functional groups attached to an aromatic ring is 1. The molecule has 0 radical (unpaired) electrons. The van der Waals surface area contributed by atoms with Crippen LogP contribution in [-0.4, -0.2) is 27.3 Å². The van der Waals surface area contributed by atoms with E-state index in [1.807, 2.05) is 27.7 Å². The summed E-state index contributed by atoms with van der Waals surface area (Å²) in [5.41, 5.74) is 4.98. The minimum absolute atomic E-state index is 0.106. The van der Waals surface area contributed by atoms with Crippen molar-refractivity contribution in [3.63, 3.8) is 0 Å². The first-order valence-electron chi connectivity index (χ1n) is 7.26. The molecule has 0 aromatic carbocycles. The molecule has 0 amide bonds. The van der Waals surface area contributed by atoms with Crippen molar-refractivity contribution in [3.05, 3.63) is 20.8 Å². The molecule has 0 aliphatic heterocycles. The van der Waals surface area contributed by atoms with E-state index >= 15 is 0 Å². The summed E-state index contributed by atoms with van der Waals surface area (Å²) in [6.07, 6.45) is 0.0467.